The normalized spacial score (nSPS) is 10.3. The van der Waals surface area contributed by atoms with Crippen molar-refractivity contribution in [3.05, 3.63) is 59.4 Å². The molecule has 1 aromatic heterocycles. The molecular formula is C12H6F4N2O. The van der Waals surface area contributed by atoms with Crippen molar-refractivity contribution in [3.8, 4) is 0 Å². The molecule has 7 heteroatoms. The highest BCUT2D eigenvalue weighted by atomic mass is 19.1. The highest BCUT2D eigenvalue weighted by Crippen LogP contribution is 2.15. The molecule has 1 N–H and O–H groups in total. The third kappa shape index (κ3) is 2.87. The van der Waals surface area contributed by atoms with E-state index in [2.05, 4.69) is 4.98 Å². The van der Waals surface area contributed by atoms with Crippen LogP contribution in [0.3, 0.4) is 0 Å². The molecule has 0 aliphatic heterocycles. The quantitative estimate of drug-likeness (QED) is 0.673. The second kappa shape index (κ2) is 5.05. The molecule has 1 heterocycles. The molecule has 0 unspecified atom stereocenters. The van der Waals surface area contributed by atoms with Gasteiger partial charge in [0.1, 0.15) is 11.6 Å². The number of nitrogens with one attached hydrogen (secondary N) is 1. The van der Waals surface area contributed by atoms with Crippen LogP contribution in [0.5, 0.6) is 0 Å². The van der Waals surface area contributed by atoms with Gasteiger partial charge in [-0.15, -0.1) is 0 Å². The van der Waals surface area contributed by atoms with Gasteiger partial charge in [0.15, 0.2) is 0 Å². The average molecular weight is 270 g/mol. The van der Waals surface area contributed by atoms with Crippen LogP contribution in [0.15, 0.2) is 30.3 Å². The third-order valence-electron chi connectivity index (χ3n) is 2.24. The van der Waals surface area contributed by atoms with Crippen LogP contribution in [0.2, 0.25) is 0 Å². The second-order valence-corrected chi connectivity index (χ2v) is 3.55. The van der Waals surface area contributed by atoms with E-state index < -0.39 is 40.7 Å². The maximum atomic E-state index is 13.3. The third-order valence-corrected chi connectivity index (χ3v) is 2.24. The molecule has 1 amide bonds. The fraction of sp³-hybridized carbons (Fsp3) is 0. The van der Waals surface area contributed by atoms with Crippen molar-refractivity contribution in [2.24, 2.45) is 0 Å². The number of hydrogen-bond donors (Lipinski definition) is 1. The molecule has 0 fully saturated rings. The van der Waals surface area contributed by atoms with E-state index in [1.54, 1.807) is 0 Å². The summed E-state index contributed by atoms with van der Waals surface area (Å²) in [4.78, 5) is 14.5. The SMILES string of the molecule is O=C(Nc1ccc(F)nc1F)c1ccc(F)cc1F. The Balaban J connectivity index is 2.25. The first-order valence-electron chi connectivity index (χ1n) is 5.06. The van der Waals surface area contributed by atoms with Crippen molar-refractivity contribution in [2.45, 2.75) is 0 Å². The molecule has 0 radical (unpaired) electrons. The Hall–Kier alpha value is -2.44. The van der Waals surface area contributed by atoms with Crippen molar-refractivity contribution < 1.29 is 22.4 Å². The van der Waals surface area contributed by atoms with E-state index >= 15 is 0 Å². The van der Waals surface area contributed by atoms with E-state index in [0.717, 1.165) is 24.3 Å². The second-order valence-electron chi connectivity index (χ2n) is 3.55. The summed E-state index contributed by atoms with van der Waals surface area (Å²) in [6.45, 7) is 0. The molecule has 19 heavy (non-hydrogen) atoms. The zero-order chi connectivity index (χ0) is 14.0. The molecule has 2 aromatic rings. The van der Waals surface area contributed by atoms with Gasteiger partial charge in [0, 0.05) is 6.07 Å². The molecule has 0 atom stereocenters. The number of pyridine rings is 1. The molecule has 0 spiro atoms. The molecule has 0 saturated carbocycles. The molecule has 3 nitrogen and oxygen atoms in total. The fourth-order valence-corrected chi connectivity index (χ4v) is 1.37. The molecule has 0 aliphatic carbocycles. The van der Waals surface area contributed by atoms with Gasteiger partial charge in [-0.05, 0) is 24.3 Å². The Morgan fingerprint density at radius 1 is 1.05 bits per heavy atom. The summed E-state index contributed by atoms with van der Waals surface area (Å²) < 4.78 is 51.7. The smallest absolute Gasteiger partial charge is 0.258 e. The van der Waals surface area contributed by atoms with Gasteiger partial charge in [0.05, 0.1) is 11.3 Å². The molecule has 0 saturated heterocycles. The zero-order valence-electron chi connectivity index (χ0n) is 9.25. The van der Waals surface area contributed by atoms with E-state index in [1.165, 1.54) is 0 Å². The number of carbonyl (C=O) groups excluding carboxylic acids is 1. The maximum absolute atomic E-state index is 13.3. The monoisotopic (exact) mass is 270 g/mol. The number of halogens is 4. The van der Waals surface area contributed by atoms with Gasteiger partial charge in [-0.3, -0.25) is 4.79 Å². The summed E-state index contributed by atoms with van der Waals surface area (Å²) >= 11 is 0. The maximum Gasteiger partial charge on any atom is 0.258 e. The Morgan fingerprint density at radius 2 is 1.79 bits per heavy atom. The fourth-order valence-electron chi connectivity index (χ4n) is 1.37. The number of aromatic nitrogens is 1. The topological polar surface area (TPSA) is 42.0 Å². The minimum Gasteiger partial charge on any atom is -0.318 e. The molecule has 98 valence electrons. The molecular weight excluding hydrogens is 264 g/mol. The minimum absolute atomic E-state index is 0.407. The van der Waals surface area contributed by atoms with Gasteiger partial charge in [-0.25, -0.2) is 8.78 Å². The van der Waals surface area contributed by atoms with Crippen molar-refractivity contribution in [1.29, 1.82) is 0 Å². The predicted octanol–water partition coefficient (Wildman–Crippen LogP) is 2.89. The Labute approximate surface area is 104 Å². The Bertz CT molecular complexity index is 646. The number of carbonyl (C=O) groups is 1. The van der Waals surface area contributed by atoms with Gasteiger partial charge in [0.2, 0.25) is 11.9 Å². The summed E-state index contributed by atoms with van der Waals surface area (Å²) in [7, 11) is 0. The van der Waals surface area contributed by atoms with E-state index in [0.29, 0.717) is 6.07 Å². The number of rotatable bonds is 2. The lowest BCUT2D eigenvalue weighted by molar-refractivity contribution is 0.102. The van der Waals surface area contributed by atoms with Crippen LogP contribution in [0.1, 0.15) is 10.4 Å². The zero-order valence-corrected chi connectivity index (χ0v) is 9.25. The first-order chi connectivity index (χ1) is 8.97. The molecule has 1 aromatic carbocycles. The van der Waals surface area contributed by atoms with Gasteiger partial charge < -0.3 is 5.32 Å². The average Bonchev–Trinajstić information content (AvgIpc) is 2.32. The number of benzene rings is 1. The van der Waals surface area contributed by atoms with Crippen LogP contribution >= 0.6 is 0 Å². The lowest BCUT2D eigenvalue weighted by atomic mass is 10.2. The van der Waals surface area contributed by atoms with Crippen LogP contribution in [-0.4, -0.2) is 10.9 Å². The minimum atomic E-state index is -1.24. The van der Waals surface area contributed by atoms with E-state index in [4.69, 9.17) is 0 Å². The van der Waals surface area contributed by atoms with Crippen LogP contribution in [-0.2, 0) is 0 Å². The van der Waals surface area contributed by atoms with E-state index in [9.17, 15) is 22.4 Å². The largest absolute Gasteiger partial charge is 0.318 e. The number of nitrogens with zero attached hydrogens (tertiary/aromatic N) is 1. The first kappa shape index (κ1) is 13.0. The first-order valence-corrected chi connectivity index (χ1v) is 5.06. The van der Waals surface area contributed by atoms with Crippen LogP contribution in [0.4, 0.5) is 23.2 Å². The predicted molar refractivity (Wildman–Crippen MR) is 58.5 cm³/mol. The lowest BCUT2D eigenvalue weighted by Gasteiger charge is -2.06. The molecule has 2 rings (SSSR count). The number of amides is 1. The van der Waals surface area contributed by atoms with Gasteiger partial charge in [-0.2, -0.15) is 13.8 Å². The van der Waals surface area contributed by atoms with E-state index in [1.807, 2.05) is 5.32 Å². The van der Waals surface area contributed by atoms with Crippen molar-refractivity contribution in [1.82, 2.24) is 4.98 Å². The number of hydrogen-bond acceptors (Lipinski definition) is 2. The summed E-state index contributed by atoms with van der Waals surface area (Å²) in [5, 5.41) is 2.01. The molecule has 0 aliphatic rings. The Morgan fingerprint density at radius 3 is 2.42 bits per heavy atom. The highest BCUT2D eigenvalue weighted by Gasteiger charge is 2.15. The van der Waals surface area contributed by atoms with Crippen molar-refractivity contribution in [3.63, 3.8) is 0 Å². The summed E-state index contributed by atoms with van der Waals surface area (Å²) in [5.41, 5.74) is -0.875. The Kier molecular flexibility index (Phi) is 3.46. The van der Waals surface area contributed by atoms with Gasteiger partial charge in [-0.1, -0.05) is 0 Å². The lowest BCUT2D eigenvalue weighted by Crippen LogP contribution is -2.15. The van der Waals surface area contributed by atoms with Crippen LogP contribution < -0.4 is 5.32 Å². The van der Waals surface area contributed by atoms with Crippen LogP contribution in [0.25, 0.3) is 0 Å². The van der Waals surface area contributed by atoms with Gasteiger partial charge in [0.25, 0.3) is 5.91 Å². The summed E-state index contributed by atoms with van der Waals surface area (Å²) in [5.74, 6) is -5.22. The summed E-state index contributed by atoms with van der Waals surface area (Å²) in [6, 6.07) is 4.09. The van der Waals surface area contributed by atoms with Crippen LogP contribution in [0, 0.1) is 23.5 Å². The van der Waals surface area contributed by atoms with Crippen molar-refractivity contribution >= 4 is 11.6 Å². The standard InChI is InChI=1S/C12H6F4N2O/c13-6-1-2-7(8(14)5-6)12(19)17-9-3-4-10(15)18-11(9)16/h1-5H,(H,17,19). The molecule has 0 bridgehead atoms. The van der Waals surface area contributed by atoms with E-state index in [-0.39, 0.29) is 0 Å². The summed E-state index contributed by atoms with van der Waals surface area (Å²) in [6.07, 6.45) is 0. The number of anilines is 1. The van der Waals surface area contributed by atoms with Gasteiger partial charge >= 0.3 is 0 Å². The highest BCUT2D eigenvalue weighted by molar-refractivity contribution is 6.04. The van der Waals surface area contributed by atoms with Crippen molar-refractivity contribution in [2.75, 3.05) is 5.32 Å².